The van der Waals surface area contributed by atoms with Gasteiger partial charge >= 0.3 is 0 Å². The SMILES string of the molecule is CC(C)C(=O)Nc1ccc(N2CCCC[C@@H]3CN(C(=O)c4ncccc4F)C[C@@H]32)nc1. The minimum absolute atomic E-state index is 0.0453. The number of nitrogens with zero attached hydrogens (tertiary/aromatic N) is 4. The van der Waals surface area contributed by atoms with E-state index in [0.29, 0.717) is 24.7 Å². The minimum Gasteiger partial charge on any atom is -0.352 e. The molecule has 4 heterocycles. The van der Waals surface area contributed by atoms with E-state index in [9.17, 15) is 14.0 Å². The summed E-state index contributed by atoms with van der Waals surface area (Å²) in [6.07, 6.45) is 6.29. The van der Waals surface area contributed by atoms with Gasteiger partial charge in [-0.25, -0.2) is 14.4 Å². The van der Waals surface area contributed by atoms with Crippen LogP contribution in [0.4, 0.5) is 15.9 Å². The van der Waals surface area contributed by atoms with Gasteiger partial charge in [0, 0.05) is 31.7 Å². The molecule has 31 heavy (non-hydrogen) atoms. The maximum Gasteiger partial charge on any atom is 0.275 e. The van der Waals surface area contributed by atoms with Crippen molar-refractivity contribution >= 4 is 23.3 Å². The van der Waals surface area contributed by atoms with E-state index < -0.39 is 5.82 Å². The molecular weight excluding hydrogens is 397 g/mol. The predicted octanol–water partition coefficient (Wildman–Crippen LogP) is 3.34. The van der Waals surface area contributed by atoms with Gasteiger partial charge in [-0.2, -0.15) is 0 Å². The van der Waals surface area contributed by atoms with E-state index in [1.54, 1.807) is 11.1 Å². The van der Waals surface area contributed by atoms with Crippen LogP contribution in [0.5, 0.6) is 0 Å². The molecule has 2 aromatic rings. The first-order valence-electron chi connectivity index (χ1n) is 10.9. The quantitative estimate of drug-likeness (QED) is 0.813. The van der Waals surface area contributed by atoms with Crippen molar-refractivity contribution in [2.45, 2.75) is 39.2 Å². The lowest BCUT2D eigenvalue weighted by atomic mass is 9.98. The Balaban J connectivity index is 1.51. The topological polar surface area (TPSA) is 78.4 Å². The van der Waals surface area contributed by atoms with E-state index in [4.69, 9.17) is 0 Å². The molecule has 0 spiro atoms. The molecule has 4 rings (SSSR count). The molecule has 0 unspecified atom stereocenters. The van der Waals surface area contributed by atoms with Crippen LogP contribution in [0.1, 0.15) is 43.6 Å². The molecule has 2 saturated heterocycles. The number of pyridine rings is 2. The third-order valence-electron chi connectivity index (χ3n) is 6.11. The van der Waals surface area contributed by atoms with Crippen LogP contribution in [0.25, 0.3) is 0 Å². The molecule has 0 saturated carbocycles. The third kappa shape index (κ3) is 4.52. The van der Waals surface area contributed by atoms with E-state index in [1.165, 1.54) is 18.3 Å². The van der Waals surface area contributed by atoms with Crippen LogP contribution >= 0.6 is 0 Å². The lowest BCUT2D eigenvalue weighted by Crippen LogP contribution is -2.41. The Morgan fingerprint density at radius 3 is 2.71 bits per heavy atom. The van der Waals surface area contributed by atoms with Crippen molar-refractivity contribution in [2.24, 2.45) is 11.8 Å². The molecule has 0 aromatic carbocycles. The Morgan fingerprint density at radius 1 is 1.16 bits per heavy atom. The van der Waals surface area contributed by atoms with Crippen LogP contribution in [0.2, 0.25) is 0 Å². The number of carbonyl (C=O) groups excluding carboxylic acids is 2. The van der Waals surface area contributed by atoms with Crippen molar-refractivity contribution in [3.8, 4) is 0 Å². The summed E-state index contributed by atoms with van der Waals surface area (Å²) in [6.45, 7) is 5.66. The summed E-state index contributed by atoms with van der Waals surface area (Å²) in [5.74, 6) is 0.0502. The largest absolute Gasteiger partial charge is 0.352 e. The normalized spacial score (nSPS) is 21.0. The Labute approximate surface area is 181 Å². The van der Waals surface area contributed by atoms with Gasteiger partial charge in [-0.3, -0.25) is 9.59 Å². The summed E-state index contributed by atoms with van der Waals surface area (Å²) >= 11 is 0. The van der Waals surface area contributed by atoms with Crippen molar-refractivity contribution in [3.63, 3.8) is 0 Å². The molecule has 0 aliphatic carbocycles. The summed E-state index contributed by atoms with van der Waals surface area (Å²) in [4.78, 5) is 37.3. The Morgan fingerprint density at radius 2 is 2.00 bits per heavy atom. The van der Waals surface area contributed by atoms with Crippen molar-refractivity contribution < 1.29 is 14.0 Å². The minimum atomic E-state index is -0.586. The van der Waals surface area contributed by atoms with Gasteiger partial charge in [0.25, 0.3) is 5.91 Å². The summed E-state index contributed by atoms with van der Waals surface area (Å²) in [7, 11) is 0. The third-order valence-corrected chi connectivity index (χ3v) is 6.11. The molecule has 2 aliphatic heterocycles. The zero-order valence-electron chi connectivity index (χ0n) is 17.9. The fraction of sp³-hybridized carbons (Fsp3) is 0.478. The zero-order valence-corrected chi connectivity index (χ0v) is 17.9. The van der Waals surface area contributed by atoms with Crippen LogP contribution in [-0.4, -0.2) is 52.4 Å². The van der Waals surface area contributed by atoms with Gasteiger partial charge in [-0.05, 0) is 43.0 Å². The van der Waals surface area contributed by atoms with E-state index in [1.807, 2.05) is 26.0 Å². The van der Waals surface area contributed by atoms with Gasteiger partial charge in [0.2, 0.25) is 5.91 Å². The summed E-state index contributed by atoms with van der Waals surface area (Å²) in [5, 5.41) is 2.86. The number of hydrogen-bond donors (Lipinski definition) is 1. The monoisotopic (exact) mass is 425 g/mol. The molecule has 1 N–H and O–H groups in total. The van der Waals surface area contributed by atoms with Crippen molar-refractivity contribution in [3.05, 3.63) is 48.2 Å². The second-order valence-corrected chi connectivity index (χ2v) is 8.61. The Bertz CT molecular complexity index is 949. The second-order valence-electron chi connectivity index (χ2n) is 8.61. The molecule has 8 heteroatoms. The lowest BCUT2D eigenvalue weighted by Gasteiger charge is -2.31. The number of anilines is 2. The molecule has 2 fully saturated rings. The average Bonchev–Trinajstić information content (AvgIpc) is 3.08. The standard InChI is InChI=1S/C23H28FN5O2/c1-15(2)22(30)27-17-8-9-20(26-12-17)29-11-4-3-6-16-13-28(14-19(16)29)23(31)21-18(24)7-5-10-25-21/h5,7-10,12,15-16,19H,3-4,6,11,13-14H2,1-2H3,(H,27,30)/t16-,19+/m1/s1. The van der Waals surface area contributed by atoms with Gasteiger partial charge in [0.05, 0.1) is 17.9 Å². The number of hydrogen-bond acceptors (Lipinski definition) is 5. The molecule has 2 amide bonds. The van der Waals surface area contributed by atoms with E-state index in [-0.39, 0.29) is 29.5 Å². The van der Waals surface area contributed by atoms with Gasteiger partial charge in [-0.1, -0.05) is 20.3 Å². The Kier molecular flexibility index (Phi) is 6.15. The van der Waals surface area contributed by atoms with Crippen molar-refractivity contribution in [2.75, 3.05) is 29.9 Å². The maximum absolute atomic E-state index is 14.1. The first-order chi connectivity index (χ1) is 14.9. The highest BCUT2D eigenvalue weighted by molar-refractivity contribution is 5.93. The van der Waals surface area contributed by atoms with Gasteiger partial charge in [-0.15, -0.1) is 0 Å². The highest BCUT2D eigenvalue weighted by atomic mass is 19.1. The molecule has 2 atom stereocenters. The van der Waals surface area contributed by atoms with Crippen LogP contribution < -0.4 is 10.2 Å². The number of aromatic nitrogens is 2. The average molecular weight is 426 g/mol. The highest BCUT2D eigenvalue weighted by Crippen LogP contribution is 2.33. The lowest BCUT2D eigenvalue weighted by molar-refractivity contribution is -0.118. The van der Waals surface area contributed by atoms with E-state index >= 15 is 0 Å². The number of fused-ring (bicyclic) bond motifs is 1. The summed E-state index contributed by atoms with van der Waals surface area (Å²) < 4.78 is 14.1. The molecular formula is C23H28FN5O2. The zero-order chi connectivity index (χ0) is 22.0. The van der Waals surface area contributed by atoms with Gasteiger partial charge < -0.3 is 15.1 Å². The summed E-state index contributed by atoms with van der Waals surface area (Å²) in [6, 6.07) is 6.66. The maximum atomic E-state index is 14.1. The number of halogens is 1. The fourth-order valence-corrected chi connectivity index (χ4v) is 4.40. The summed E-state index contributed by atoms with van der Waals surface area (Å²) in [5.41, 5.74) is 0.552. The number of carbonyl (C=O) groups is 2. The molecule has 2 aromatic heterocycles. The van der Waals surface area contributed by atoms with Gasteiger partial charge in [0.15, 0.2) is 11.5 Å². The predicted molar refractivity (Wildman–Crippen MR) is 116 cm³/mol. The van der Waals surface area contributed by atoms with Crippen LogP contribution in [0, 0.1) is 17.7 Å². The highest BCUT2D eigenvalue weighted by Gasteiger charge is 2.41. The Hall–Kier alpha value is -3.03. The van der Waals surface area contributed by atoms with Gasteiger partial charge in [0.1, 0.15) is 5.82 Å². The van der Waals surface area contributed by atoms with Crippen LogP contribution in [0.3, 0.4) is 0 Å². The number of likely N-dealkylation sites (tertiary alicyclic amines) is 1. The molecule has 0 radical (unpaired) electrons. The van der Waals surface area contributed by atoms with Crippen LogP contribution in [-0.2, 0) is 4.79 Å². The molecule has 7 nitrogen and oxygen atoms in total. The second kappa shape index (κ2) is 8.99. The first-order valence-corrected chi connectivity index (χ1v) is 10.9. The molecule has 0 bridgehead atoms. The van der Waals surface area contributed by atoms with Crippen molar-refractivity contribution in [1.82, 2.24) is 14.9 Å². The first kappa shape index (κ1) is 21.2. The fourth-order valence-electron chi connectivity index (χ4n) is 4.40. The smallest absolute Gasteiger partial charge is 0.275 e. The van der Waals surface area contributed by atoms with Crippen molar-refractivity contribution in [1.29, 1.82) is 0 Å². The van der Waals surface area contributed by atoms with Crippen LogP contribution in [0.15, 0.2) is 36.7 Å². The molecule has 164 valence electrons. The number of nitrogens with one attached hydrogen (secondary N) is 1. The number of amides is 2. The molecule has 2 aliphatic rings. The van der Waals surface area contributed by atoms with E-state index in [0.717, 1.165) is 31.6 Å². The van der Waals surface area contributed by atoms with E-state index in [2.05, 4.69) is 20.2 Å². The number of rotatable bonds is 4.